The number of nitrogens with zero attached hydrogens (tertiary/aromatic N) is 3. The fourth-order valence-corrected chi connectivity index (χ4v) is 8.46. The second kappa shape index (κ2) is 15.2. The molecule has 1 aromatic heterocycles. The van der Waals surface area contributed by atoms with E-state index in [9.17, 15) is 29.4 Å². The third-order valence-electron chi connectivity index (χ3n) is 10.5. The highest BCUT2D eigenvalue weighted by Crippen LogP contribution is 2.41. The smallest absolute Gasteiger partial charge is 0.246 e. The van der Waals surface area contributed by atoms with Crippen LogP contribution in [0.1, 0.15) is 89.9 Å². The van der Waals surface area contributed by atoms with Gasteiger partial charge in [-0.1, -0.05) is 45.0 Å². The Hall–Kier alpha value is -3.39. The van der Waals surface area contributed by atoms with E-state index < -0.39 is 35.4 Å². The Kier molecular flexibility index (Phi) is 11.5. The lowest BCUT2D eigenvalue weighted by Gasteiger charge is -2.35. The van der Waals surface area contributed by atoms with E-state index in [1.165, 1.54) is 4.90 Å². The number of aromatic nitrogens is 1. The molecule has 6 atom stereocenters. The Labute approximate surface area is 293 Å². The highest BCUT2D eigenvalue weighted by Gasteiger charge is 2.48. The van der Waals surface area contributed by atoms with Gasteiger partial charge in [-0.15, -0.1) is 11.3 Å². The van der Waals surface area contributed by atoms with Gasteiger partial charge in [0.05, 0.1) is 34.8 Å². The van der Waals surface area contributed by atoms with Crippen molar-refractivity contribution in [3.05, 3.63) is 41.0 Å². The Morgan fingerprint density at radius 2 is 1.80 bits per heavy atom. The average Bonchev–Trinajstić information content (AvgIpc) is 3.85. The van der Waals surface area contributed by atoms with Crippen LogP contribution in [0.4, 0.5) is 0 Å². The number of carbonyl (C=O) groups is 4. The summed E-state index contributed by atoms with van der Waals surface area (Å²) in [5, 5.41) is 29.3. The van der Waals surface area contributed by atoms with Crippen LogP contribution in [0.2, 0.25) is 0 Å². The van der Waals surface area contributed by atoms with Gasteiger partial charge in [0.15, 0.2) is 0 Å². The summed E-state index contributed by atoms with van der Waals surface area (Å²) in [4.78, 5) is 62.4. The van der Waals surface area contributed by atoms with Crippen molar-refractivity contribution >= 4 is 35.0 Å². The van der Waals surface area contributed by atoms with Gasteiger partial charge in [0.2, 0.25) is 23.6 Å². The first-order valence-electron chi connectivity index (χ1n) is 17.5. The summed E-state index contributed by atoms with van der Waals surface area (Å²) in [5.41, 5.74) is 3.88. The molecule has 0 saturated carbocycles. The lowest BCUT2D eigenvalue weighted by molar-refractivity contribution is -0.144. The number of nitrogens with one attached hydrogen (secondary N) is 3. The second-order valence-electron chi connectivity index (χ2n) is 15.1. The minimum Gasteiger partial charge on any atom is -0.394 e. The number of aliphatic hydroxyl groups is 2. The maximum absolute atomic E-state index is 14.0. The Morgan fingerprint density at radius 3 is 2.45 bits per heavy atom. The molecule has 5 rings (SSSR count). The number of aliphatic hydroxyl groups excluding tert-OH is 2. The molecule has 1 aromatic carbocycles. The van der Waals surface area contributed by atoms with Gasteiger partial charge in [0.1, 0.15) is 12.1 Å². The molecule has 0 bridgehead atoms. The number of rotatable bonds is 12. The van der Waals surface area contributed by atoms with Crippen LogP contribution >= 0.6 is 11.3 Å². The molecule has 0 aliphatic carbocycles. The van der Waals surface area contributed by atoms with E-state index in [1.54, 1.807) is 11.3 Å². The fraction of sp³-hybridized carbons (Fsp3) is 0.639. The number of carbonyl (C=O) groups excluding carboxylic acids is 4. The van der Waals surface area contributed by atoms with Gasteiger partial charge in [0.25, 0.3) is 0 Å². The van der Waals surface area contributed by atoms with Crippen molar-refractivity contribution in [3.8, 4) is 10.4 Å². The molecule has 13 heteroatoms. The van der Waals surface area contributed by atoms with E-state index in [0.29, 0.717) is 6.54 Å². The number of likely N-dealkylation sites (tertiary alicyclic amines) is 1. The van der Waals surface area contributed by atoms with Crippen LogP contribution in [0, 0.1) is 12.3 Å². The van der Waals surface area contributed by atoms with Crippen molar-refractivity contribution in [2.24, 2.45) is 5.41 Å². The van der Waals surface area contributed by atoms with Crippen LogP contribution < -0.4 is 16.0 Å². The van der Waals surface area contributed by atoms with Crippen LogP contribution in [-0.2, 0) is 19.2 Å². The van der Waals surface area contributed by atoms with Crippen molar-refractivity contribution in [1.82, 2.24) is 30.7 Å². The summed E-state index contributed by atoms with van der Waals surface area (Å²) in [7, 11) is 0. The second-order valence-corrected chi connectivity index (χ2v) is 15.9. The van der Waals surface area contributed by atoms with Crippen molar-refractivity contribution in [2.75, 3.05) is 26.2 Å². The summed E-state index contributed by atoms with van der Waals surface area (Å²) in [6, 6.07) is 5.89. The number of β-amino-alcohol motifs (C(OH)–C–C–N with tert-alkyl or cyclic N) is 1. The molecule has 3 aliphatic heterocycles. The topological polar surface area (TPSA) is 164 Å². The molecule has 49 heavy (non-hydrogen) atoms. The molecule has 3 aliphatic rings. The normalized spacial score (nSPS) is 25.1. The quantitative estimate of drug-likeness (QED) is 0.226. The summed E-state index contributed by atoms with van der Waals surface area (Å²) >= 11 is 1.57. The van der Waals surface area contributed by atoms with Crippen molar-refractivity contribution in [1.29, 1.82) is 0 Å². The summed E-state index contributed by atoms with van der Waals surface area (Å²) < 4.78 is 0. The Balaban J connectivity index is 1.14. The van der Waals surface area contributed by atoms with Crippen LogP contribution in [0.15, 0.2) is 29.8 Å². The molecule has 3 saturated heterocycles. The number of thiazole rings is 1. The molecular weight excluding hydrogens is 644 g/mol. The van der Waals surface area contributed by atoms with Gasteiger partial charge in [0, 0.05) is 43.9 Å². The van der Waals surface area contributed by atoms with Crippen molar-refractivity contribution in [2.45, 2.75) is 115 Å². The predicted molar refractivity (Wildman–Crippen MR) is 187 cm³/mol. The molecule has 12 nitrogen and oxygen atoms in total. The molecule has 4 amide bonds. The van der Waals surface area contributed by atoms with E-state index >= 15 is 0 Å². The predicted octanol–water partition coefficient (Wildman–Crippen LogP) is 2.67. The van der Waals surface area contributed by atoms with E-state index in [4.69, 9.17) is 0 Å². The molecule has 0 radical (unpaired) electrons. The molecule has 5 N–H and O–H groups in total. The SMILES string of the molecule is Cc1ncsc1-c1ccc([C@H](C)NC(=O)[C@@H]2C[C@@H](O)CN2C(=O)[C@@H](NC(=O)CCC(=O)NC[C@H]2CC[C@@]3(CO)CCCN23)C(C)(C)C)cc1. The van der Waals surface area contributed by atoms with Gasteiger partial charge >= 0.3 is 0 Å². The van der Waals surface area contributed by atoms with Crippen molar-refractivity contribution < 1.29 is 29.4 Å². The summed E-state index contributed by atoms with van der Waals surface area (Å²) in [5.74, 6) is -1.49. The van der Waals surface area contributed by atoms with E-state index in [1.807, 2.05) is 64.4 Å². The maximum atomic E-state index is 14.0. The van der Waals surface area contributed by atoms with Crippen LogP contribution in [0.25, 0.3) is 10.4 Å². The highest BCUT2D eigenvalue weighted by atomic mass is 32.1. The van der Waals surface area contributed by atoms with E-state index in [2.05, 4.69) is 25.8 Å². The number of hydrogen-bond donors (Lipinski definition) is 5. The minimum absolute atomic E-state index is 0.0190. The first-order chi connectivity index (χ1) is 23.2. The number of fused-ring (bicyclic) bond motifs is 1. The van der Waals surface area contributed by atoms with Gasteiger partial charge in [-0.3, -0.25) is 24.1 Å². The van der Waals surface area contributed by atoms with Crippen LogP contribution in [-0.4, -0.2) is 105 Å². The minimum atomic E-state index is -0.968. The molecular formula is C36H52N6O6S. The lowest BCUT2D eigenvalue weighted by atomic mass is 9.85. The number of hydrogen-bond acceptors (Lipinski definition) is 9. The van der Waals surface area contributed by atoms with E-state index in [0.717, 1.165) is 53.9 Å². The van der Waals surface area contributed by atoms with Crippen LogP contribution in [0.3, 0.4) is 0 Å². The van der Waals surface area contributed by atoms with Crippen molar-refractivity contribution in [3.63, 3.8) is 0 Å². The molecule has 4 heterocycles. The molecule has 2 aromatic rings. The number of aryl methyl sites for hydroxylation is 1. The zero-order valence-electron chi connectivity index (χ0n) is 29.3. The first kappa shape index (κ1) is 36.9. The zero-order chi connectivity index (χ0) is 35.5. The molecule has 3 fully saturated rings. The van der Waals surface area contributed by atoms with Crippen LogP contribution in [0.5, 0.6) is 0 Å². The first-order valence-corrected chi connectivity index (χ1v) is 18.3. The standard InChI is InChI=1S/C36H52N6O6S/c1-22(24-7-9-25(10-8-24)31-23(2)38-21-49-31)39-33(47)28-17-27(44)19-41(28)34(48)32(35(3,4)5)40-30(46)12-11-29(45)37-18-26-13-15-36(20-43)14-6-16-42(26)36/h7-10,21-22,26-28,32,43-44H,6,11-20H2,1-5H3,(H,37,45)(H,39,47)(H,40,46)/t22-,26+,27+,28-,32+,36+/m0/s1. The third kappa shape index (κ3) is 8.33. The summed E-state index contributed by atoms with van der Waals surface area (Å²) in [6.07, 6.45) is 2.97. The number of amides is 4. The van der Waals surface area contributed by atoms with Gasteiger partial charge in [-0.05, 0) is 62.6 Å². The monoisotopic (exact) mass is 696 g/mol. The van der Waals surface area contributed by atoms with E-state index in [-0.39, 0.29) is 61.9 Å². The zero-order valence-corrected chi connectivity index (χ0v) is 30.1. The fourth-order valence-electron chi connectivity index (χ4n) is 7.65. The summed E-state index contributed by atoms with van der Waals surface area (Å²) in [6.45, 7) is 10.8. The molecule has 0 spiro atoms. The van der Waals surface area contributed by atoms with Gasteiger partial charge < -0.3 is 31.1 Å². The number of benzene rings is 1. The maximum Gasteiger partial charge on any atom is 0.246 e. The Bertz CT molecular complexity index is 1510. The van der Waals surface area contributed by atoms with Gasteiger partial charge in [-0.2, -0.15) is 0 Å². The average molecular weight is 697 g/mol. The lowest BCUT2D eigenvalue weighted by Crippen LogP contribution is -2.57. The van der Waals surface area contributed by atoms with Gasteiger partial charge in [-0.25, -0.2) is 4.98 Å². The molecule has 0 unspecified atom stereocenters. The molecule has 268 valence electrons. The highest BCUT2D eigenvalue weighted by molar-refractivity contribution is 7.13. The Morgan fingerprint density at radius 1 is 1.08 bits per heavy atom. The largest absolute Gasteiger partial charge is 0.394 e. The third-order valence-corrected chi connectivity index (χ3v) is 11.5.